The molecule has 2 heterocycles. The van der Waals surface area contributed by atoms with Crippen LogP contribution >= 0.6 is 11.8 Å². The lowest BCUT2D eigenvalue weighted by atomic mass is 10.3. The van der Waals surface area contributed by atoms with E-state index in [1.54, 1.807) is 0 Å². The Kier molecular flexibility index (Phi) is 3.92. The molecule has 0 saturated carbocycles. The fourth-order valence-corrected chi connectivity index (χ4v) is 2.59. The van der Waals surface area contributed by atoms with Crippen molar-refractivity contribution in [1.82, 2.24) is 9.97 Å². The molecular weight excluding hydrogens is 292 g/mol. The minimum Gasteiger partial charge on any atom is -0.490 e. The fraction of sp³-hybridized carbons (Fsp3) is 0.214. The zero-order valence-corrected chi connectivity index (χ0v) is 11.8. The third kappa shape index (κ3) is 3.25. The predicted octanol–water partition coefficient (Wildman–Crippen LogP) is 2.49. The minimum absolute atomic E-state index is 0.0261. The van der Waals surface area contributed by atoms with Crippen molar-refractivity contribution in [2.75, 3.05) is 13.2 Å². The zero-order chi connectivity index (χ0) is 14.7. The Morgan fingerprint density at radius 3 is 2.81 bits per heavy atom. The number of benzene rings is 1. The number of nitrogens with zero attached hydrogens (tertiary/aromatic N) is 2. The van der Waals surface area contributed by atoms with E-state index in [1.807, 2.05) is 18.2 Å². The number of hydrogen-bond donors (Lipinski definition) is 1. The summed E-state index contributed by atoms with van der Waals surface area (Å²) >= 11 is 1.28. The lowest BCUT2D eigenvalue weighted by molar-refractivity contribution is 0.0689. The van der Waals surface area contributed by atoms with Gasteiger partial charge in [-0.3, -0.25) is 0 Å². The van der Waals surface area contributed by atoms with Crippen molar-refractivity contribution in [2.24, 2.45) is 0 Å². The SMILES string of the molecule is O=C(O)c1ccnc(Sc2ccc3c(c2)OCCCO3)n1. The minimum atomic E-state index is -1.07. The summed E-state index contributed by atoms with van der Waals surface area (Å²) in [6, 6.07) is 6.92. The van der Waals surface area contributed by atoms with Gasteiger partial charge in [0.05, 0.1) is 13.2 Å². The molecule has 1 N–H and O–H groups in total. The van der Waals surface area contributed by atoms with Gasteiger partial charge in [0.25, 0.3) is 0 Å². The van der Waals surface area contributed by atoms with Gasteiger partial charge < -0.3 is 14.6 Å². The maximum atomic E-state index is 10.9. The van der Waals surface area contributed by atoms with E-state index in [0.29, 0.717) is 24.1 Å². The summed E-state index contributed by atoms with van der Waals surface area (Å²) in [5.74, 6) is 0.335. The number of aromatic carboxylic acids is 1. The number of carboxylic acids is 1. The molecule has 7 heteroatoms. The molecule has 1 aliphatic rings. The van der Waals surface area contributed by atoms with Gasteiger partial charge in [0, 0.05) is 17.5 Å². The van der Waals surface area contributed by atoms with Crippen molar-refractivity contribution in [3.63, 3.8) is 0 Å². The molecule has 1 aliphatic heterocycles. The molecule has 108 valence electrons. The number of fused-ring (bicyclic) bond motifs is 1. The van der Waals surface area contributed by atoms with E-state index in [0.717, 1.165) is 17.1 Å². The molecule has 0 fully saturated rings. The van der Waals surface area contributed by atoms with Crippen LogP contribution in [0.15, 0.2) is 40.5 Å². The van der Waals surface area contributed by atoms with E-state index in [4.69, 9.17) is 14.6 Å². The Balaban J connectivity index is 1.83. The first-order valence-corrected chi connectivity index (χ1v) is 7.18. The summed E-state index contributed by atoms with van der Waals surface area (Å²) in [6.07, 6.45) is 2.28. The number of hydrogen-bond acceptors (Lipinski definition) is 6. The first-order valence-electron chi connectivity index (χ1n) is 6.36. The maximum absolute atomic E-state index is 10.9. The first kappa shape index (κ1) is 13.7. The van der Waals surface area contributed by atoms with E-state index in [1.165, 1.54) is 24.0 Å². The molecule has 0 amide bonds. The Labute approximate surface area is 125 Å². The third-order valence-corrected chi connectivity index (χ3v) is 3.65. The molecule has 3 rings (SSSR count). The molecule has 0 saturated heterocycles. The Morgan fingerprint density at radius 2 is 2.00 bits per heavy atom. The van der Waals surface area contributed by atoms with Crippen molar-refractivity contribution in [3.8, 4) is 11.5 Å². The fourth-order valence-electron chi connectivity index (χ4n) is 1.82. The summed E-state index contributed by atoms with van der Waals surface area (Å²) in [7, 11) is 0. The van der Waals surface area contributed by atoms with E-state index in [2.05, 4.69) is 9.97 Å². The Hall–Kier alpha value is -2.28. The second kappa shape index (κ2) is 6.01. The Bertz CT molecular complexity index is 678. The average Bonchev–Trinajstić information content (AvgIpc) is 2.72. The number of carboxylic acid groups (broad SMARTS) is 1. The summed E-state index contributed by atoms with van der Waals surface area (Å²) in [5, 5.41) is 9.31. The Morgan fingerprint density at radius 1 is 1.19 bits per heavy atom. The highest BCUT2D eigenvalue weighted by atomic mass is 32.2. The maximum Gasteiger partial charge on any atom is 0.354 e. The highest BCUT2D eigenvalue weighted by Crippen LogP contribution is 2.35. The van der Waals surface area contributed by atoms with Crippen LogP contribution in [0.3, 0.4) is 0 Å². The van der Waals surface area contributed by atoms with Crippen molar-refractivity contribution < 1.29 is 19.4 Å². The number of rotatable bonds is 3. The quantitative estimate of drug-likeness (QED) is 0.872. The van der Waals surface area contributed by atoms with Gasteiger partial charge in [0.15, 0.2) is 22.3 Å². The van der Waals surface area contributed by atoms with Crippen molar-refractivity contribution in [3.05, 3.63) is 36.2 Å². The molecule has 1 aromatic carbocycles. The monoisotopic (exact) mass is 304 g/mol. The molecule has 21 heavy (non-hydrogen) atoms. The topological polar surface area (TPSA) is 81.5 Å². The van der Waals surface area contributed by atoms with E-state index in [-0.39, 0.29) is 5.69 Å². The third-order valence-electron chi connectivity index (χ3n) is 2.78. The zero-order valence-electron chi connectivity index (χ0n) is 11.0. The molecule has 0 atom stereocenters. The van der Waals surface area contributed by atoms with Crippen molar-refractivity contribution in [2.45, 2.75) is 16.5 Å². The molecule has 0 radical (unpaired) electrons. The largest absolute Gasteiger partial charge is 0.490 e. The summed E-state index contributed by atoms with van der Waals surface area (Å²) in [4.78, 5) is 19.8. The van der Waals surface area contributed by atoms with Gasteiger partial charge in [-0.2, -0.15) is 0 Å². The summed E-state index contributed by atoms with van der Waals surface area (Å²) < 4.78 is 11.2. The molecule has 6 nitrogen and oxygen atoms in total. The van der Waals surface area contributed by atoms with Crippen molar-refractivity contribution in [1.29, 1.82) is 0 Å². The smallest absolute Gasteiger partial charge is 0.354 e. The van der Waals surface area contributed by atoms with Gasteiger partial charge in [-0.1, -0.05) is 0 Å². The van der Waals surface area contributed by atoms with Crippen LogP contribution in [-0.2, 0) is 0 Å². The highest BCUT2D eigenvalue weighted by Gasteiger charge is 2.12. The van der Waals surface area contributed by atoms with E-state index < -0.39 is 5.97 Å². The number of aromatic nitrogens is 2. The molecule has 0 bridgehead atoms. The van der Waals surface area contributed by atoms with Crippen LogP contribution in [0.2, 0.25) is 0 Å². The summed E-state index contributed by atoms with van der Waals surface area (Å²) in [6.45, 7) is 1.26. The first-order chi connectivity index (χ1) is 10.2. The highest BCUT2D eigenvalue weighted by molar-refractivity contribution is 7.99. The van der Waals surface area contributed by atoms with E-state index >= 15 is 0 Å². The van der Waals surface area contributed by atoms with Gasteiger partial charge >= 0.3 is 5.97 Å². The predicted molar refractivity (Wildman–Crippen MR) is 75.2 cm³/mol. The second-order valence-electron chi connectivity index (χ2n) is 4.29. The van der Waals surface area contributed by atoms with Crippen LogP contribution in [0.1, 0.15) is 16.9 Å². The lowest BCUT2D eigenvalue weighted by Crippen LogP contribution is -2.01. The molecule has 0 unspecified atom stereocenters. The molecule has 0 aliphatic carbocycles. The van der Waals surface area contributed by atoms with Crippen LogP contribution in [-0.4, -0.2) is 34.3 Å². The number of ether oxygens (including phenoxy) is 2. The van der Waals surface area contributed by atoms with Crippen molar-refractivity contribution >= 4 is 17.7 Å². The van der Waals surface area contributed by atoms with Crippen LogP contribution in [0.25, 0.3) is 0 Å². The molecule has 1 aromatic heterocycles. The van der Waals surface area contributed by atoms with Crippen LogP contribution in [0.5, 0.6) is 11.5 Å². The van der Waals surface area contributed by atoms with Crippen LogP contribution in [0, 0.1) is 0 Å². The van der Waals surface area contributed by atoms with Crippen LogP contribution in [0.4, 0.5) is 0 Å². The van der Waals surface area contributed by atoms with Gasteiger partial charge in [0.1, 0.15) is 0 Å². The molecule has 2 aromatic rings. The second-order valence-corrected chi connectivity index (χ2v) is 5.33. The van der Waals surface area contributed by atoms with Gasteiger partial charge in [0.2, 0.25) is 0 Å². The molecular formula is C14H12N2O4S. The van der Waals surface area contributed by atoms with E-state index in [9.17, 15) is 4.79 Å². The number of carbonyl (C=O) groups is 1. The molecule has 0 spiro atoms. The normalized spacial score (nSPS) is 13.5. The van der Waals surface area contributed by atoms with Crippen LogP contribution < -0.4 is 9.47 Å². The van der Waals surface area contributed by atoms with Gasteiger partial charge in [-0.25, -0.2) is 14.8 Å². The van der Waals surface area contributed by atoms with Gasteiger partial charge in [-0.05, 0) is 36.0 Å². The lowest BCUT2D eigenvalue weighted by Gasteiger charge is -2.08. The van der Waals surface area contributed by atoms with Gasteiger partial charge in [-0.15, -0.1) is 0 Å². The average molecular weight is 304 g/mol. The standard InChI is InChI=1S/C14H12N2O4S/c17-13(18)10-4-5-15-14(16-10)21-9-2-3-11-12(8-9)20-7-1-6-19-11/h2-5,8H,1,6-7H2,(H,17,18). The summed E-state index contributed by atoms with van der Waals surface area (Å²) in [5.41, 5.74) is -0.0261.